The molecule has 4 aliphatic carbocycles. The fourth-order valence-corrected chi connectivity index (χ4v) is 9.37. The molecule has 9 heteroatoms. The first-order valence-corrected chi connectivity index (χ1v) is 13.7. The maximum atomic E-state index is 13.3. The number of fused-ring (bicyclic) bond motifs is 1. The Balaban J connectivity index is 0.00000259. The van der Waals surface area contributed by atoms with E-state index in [1.807, 2.05) is 6.92 Å². The van der Waals surface area contributed by atoms with E-state index in [1.165, 1.54) is 19.3 Å². The van der Waals surface area contributed by atoms with Gasteiger partial charge in [0.15, 0.2) is 0 Å². The third kappa shape index (κ3) is 3.05. The molecule has 0 radical (unpaired) electrons. The quantitative estimate of drug-likeness (QED) is 0.445. The Hall–Kier alpha value is -1.12. The topological polar surface area (TPSA) is 104 Å². The molecule has 5 fully saturated rings. The lowest BCUT2D eigenvalue weighted by Crippen LogP contribution is -2.56. The molecule has 4 saturated carbocycles. The standard InChI is InChI=1S/C24H37N3O4S.ClH/c1-5-8-21(11-12-21)32(30,31)27-19(29)24(13-16(24)6-2)26-18(28)17-14-23(15-25-17)20(3,4)22(23)9-7-10-22;/h6,16-17,25H,2,5,7-15H2,1,3-4H3,(H,26,28)(H,27,29);1H/t16-,17+,23-,24-;/m1./s1. The highest BCUT2D eigenvalue weighted by molar-refractivity contribution is 7.91. The minimum Gasteiger partial charge on any atom is -0.340 e. The van der Waals surface area contributed by atoms with Gasteiger partial charge in [-0.25, -0.2) is 8.42 Å². The van der Waals surface area contributed by atoms with Gasteiger partial charge < -0.3 is 10.6 Å². The van der Waals surface area contributed by atoms with Crippen LogP contribution in [0.15, 0.2) is 12.7 Å². The van der Waals surface area contributed by atoms with Crippen LogP contribution in [0.1, 0.15) is 78.6 Å². The second-order valence-corrected chi connectivity index (χ2v) is 13.7. The monoisotopic (exact) mass is 499 g/mol. The largest absolute Gasteiger partial charge is 0.340 e. The van der Waals surface area contributed by atoms with Gasteiger partial charge in [-0.1, -0.05) is 39.7 Å². The van der Waals surface area contributed by atoms with Crippen molar-refractivity contribution in [2.45, 2.75) is 94.9 Å². The lowest BCUT2D eigenvalue weighted by atomic mass is 9.73. The number of carbonyl (C=O) groups excluding carboxylic acids is 2. The minimum atomic E-state index is -3.78. The molecule has 1 saturated heterocycles. The van der Waals surface area contributed by atoms with Crippen LogP contribution in [0.2, 0.25) is 0 Å². The number of hydrogen-bond acceptors (Lipinski definition) is 5. The van der Waals surface area contributed by atoms with Gasteiger partial charge in [0.25, 0.3) is 5.91 Å². The van der Waals surface area contributed by atoms with Gasteiger partial charge in [-0.05, 0) is 61.2 Å². The maximum absolute atomic E-state index is 13.3. The number of rotatable bonds is 8. The highest BCUT2D eigenvalue weighted by Crippen LogP contribution is 2.87. The molecule has 1 aliphatic heterocycles. The zero-order chi connectivity index (χ0) is 23.2. The Bertz CT molecular complexity index is 988. The molecule has 0 aromatic rings. The zero-order valence-corrected chi connectivity index (χ0v) is 21.6. The van der Waals surface area contributed by atoms with Gasteiger partial charge in [0.1, 0.15) is 5.54 Å². The molecule has 4 atom stereocenters. The van der Waals surface area contributed by atoms with Gasteiger partial charge in [-0.3, -0.25) is 14.3 Å². The summed E-state index contributed by atoms with van der Waals surface area (Å²) in [6.45, 7) is 11.2. The molecule has 5 aliphatic rings. The van der Waals surface area contributed by atoms with Crippen molar-refractivity contribution in [3.05, 3.63) is 12.7 Å². The summed E-state index contributed by atoms with van der Waals surface area (Å²) in [6.07, 6.45) is 9.00. The Morgan fingerprint density at radius 3 is 2.24 bits per heavy atom. The summed E-state index contributed by atoms with van der Waals surface area (Å²) in [4.78, 5) is 26.4. The smallest absolute Gasteiger partial charge is 0.259 e. The molecule has 7 nitrogen and oxygen atoms in total. The predicted molar refractivity (Wildman–Crippen MR) is 129 cm³/mol. The van der Waals surface area contributed by atoms with Crippen LogP contribution in [0, 0.1) is 22.2 Å². The molecule has 33 heavy (non-hydrogen) atoms. The lowest BCUT2D eigenvalue weighted by molar-refractivity contribution is -0.130. The Morgan fingerprint density at radius 1 is 1.12 bits per heavy atom. The van der Waals surface area contributed by atoms with Gasteiger partial charge >= 0.3 is 0 Å². The summed E-state index contributed by atoms with van der Waals surface area (Å²) in [5.41, 5.74) is -0.478. The van der Waals surface area contributed by atoms with E-state index in [1.54, 1.807) is 6.08 Å². The third-order valence-corrected chi connectivity index (χ3v) is 12.5. The fraction of sp³-hybridized carbons (Fsp3) is 0.833. The molecule has 5 rings (SSSR count). The second kappa shape index (κ2) is 7.44. The Morgan fingerprint density at radius 2 is 1.79 bits per heavy atom. The highest BCUT2D eigenvalue weighted by atomic mass is 35.5. The average molecular weight is 500 g/mol. The van der Waals surface area contributed by atoms with E-state index in [0.29, 0.717) is 31.1 Å². The summed E-state index contributed by atoms with van der Waals surface area (Å²) in [7, 11) is -3.78. The molecule has 0 unspecified atom stereocenters. The van der Waals surface area contributed by atoms with Gasteiger partial charge in [-0.15, -0.1) is 19.0 Å². The van der Waals surface area contributed by atoms with Crippen LogP contribution < -0.4 is 15.4 Å². The van der Waals surface area contributed by atoms with Crippen molar-refractivity contribution in [3.8, 4) is 0 Å². The molecule has 0 aromatic carbocycles. The van der Waals surface area contributed by atoms with Crippen LogP contribution >= 0.6 is 12.4 Å². The predicted octanol–water partition coefficient (Wildman–Crippen LogP) is 2.81. The second-order valence-electron chi connectivity index (χ2n) is 11.7. The first-order valence-electron chi connectivity index (χ1n) is 12.2. The molecule has 3 N–H and O–H groups in total. The van der Waals surface area contributed by atoms with Gasteiger partial charge in [-0.2, -0.15) is 0 Å². The van der Waals surface area contributed by atoms with Crippen LogP contribution in [0.25, 0.3) is 0 Å². The van der Waals surface area contributed by atoms with Crippen molar-refractivity contribution in [2.24, 2.45) is 22.2 Å². The lowest BCUT2D eigenvalue weighted by Gasteiger charge is -2.31. The van der Waals surface area contributed by atoms with Gasteiger partial charge in [0.05, 0.1) is 10.8 Å². The van der Waals surface area contributed by atoms with Crippen molar-refractivity contribution in [2.75, 3.05) is 6.54 Å². The maximum Gasteiger partial charge on any atom is 0.259 e. The summed E-state index contributed by atoms with van der Waals surface area (Å²) in [5, 5.41) is 6.37. The van der Waals surface area contributed by atoms with Crippen LogP contribution in [0.3, 0.4) is 0 Å². The van der Waals surface area contributed by atoms with Crippen LogP contribution in [-0.4, -0.2) is 43.1 Å². The normalized spacial score (nSPS) is 38.0. The SMILES string of the molecule is C=C[C@@H]1C[C@]1(NC(=O)[C@@H]1C[C@@]2(CN1)C(C)(C)C21CCC1)C(=O)NS(=O)(=O)C1(CCC)CC1.Cl. The first-order chi connectivity index (χ1) is 15.0. The van der Waals surface area contributed by atoms with E-state index in [-0.39, 0.29) is 41.1 Å². The van der Waals surface area contributed by atoms with Crippen molar-refractivity contribution >= 4 is 34.2 Å². The van der Waals surface area contributed by atoms with Crippen molar-refractivity contribution in [3.63, 3.8) is 0 Å². The van der Waals surface area contributed by atoms with Crippen LogP contribution in [0.4, 0.5) is 0 Å². The minimum absolute atomic E-state index is 0. The molecule has 0 aromatic heterocycles. The summed E-state index contributed by atoms with van der Waals surface area (Å²) in [6, 6.07) is -0.350. The highest BCUT2D eigenvalue weighted by Gasteiger charge is 2.84. The number of sulfonamides is 1. The third-order valence-electron chi connectivity index (χ3n) is 10.3. The fourth-order valence-electron chi connectivity index (χ4n) is 7.62. The summed E-state index contributed by atoms with van der Waals surface area (Å²) < 4.78 is 27.3. The van der Waals surface area contributed by atoms with E-state index >= 15 is 0 Å². The van der Waals surface area contributed by atoms with Crippen LogP contribution in [0.5, 0.6) is 0 Å². The van der Waals surface area contributed by atoms with E-state index in [2.05, 4.69) is 35.8 Å². The number of halogens is 1. The number of hydrogen-bond donors (Lipinski definition) is 3. The Labute approximate surface area is 203 Å². The molecule has 186 valence electrons. The zero-order valence-electron chi connectivity index (χ0n) is 20.0. The average Bonchev–Trinajstić information content (AvgIpc) is 3.60. The number of amides is 2. The van der Waals surface area contributed by atoms with E-state index < -0.39 is 26.2 Å². The first kappa shape index (κ1) is 25.0. The molecule has 2 amide bonds. The summed E-state index contributed by atoms with van der Waals surface area (Å²) >= 11 is 0. The molecule has 1 heterocycles. The number of carbonyl (C=O) groups is 2. The number of nitrogens with one attached hydrogen (secondary N) is 3. The van der Waals surface area contributed by atoms with E-state index in [9.17, 15) is 18.0 Å². The van der Waals surface area contributed by atoms with Crippen molar-refractivity contribution in [1.29, 1.82) is 0 Å². The summed E-state index contributed by atoms with van der Waals surface area (Å²) in [5.74, 6) is -1.08. The molecular formula is C24H38ClN3O4S. The van der Waals surface area contributed by atoms with E-state index in [4.69, 9.17) is 0 Å². The van der Waals surface area contributed by atoms with Gasteiger partial charge in [0.2, 0.25) is 15.9 Å². The van der Waals surface area contributed by atoms with Crippen LogP contribution in [-0.2, 0) is 19.6 Å². The molecular weight excluding hydrogens is 462 g/mol. The van der Waals surface area contributed by atoms with Crippen molar-refractivity contribution < 1.29 is 18.0 Å². The Kier molecular flexibility index (Phi) is 5.63. The van der Waals surface area contributed by atoms with Gasteiger partial charge in [0, 0.05) is 12.5 Å². The molecule has 0 bridgehead atoms. The van der Waals surface area contributed by atoms with E-state index in [0.717, 1.165) is 19.4 Å². The van der Waals surface area contributed by atoms with Crippen molar-refractivity contribution in [1.82, 2.24) is 15.4 Å². The molecule has 2 spiro atoms.